The van der Waals surface area contributed by atoms with Crippen LogP contribution >= 0.6 is 0 Å². The second-order valence-electron chi connectivity index (χ2n) is 19.1. The van der Waals surface area contributed by atoms with Crippen molar-refractivity contribution in [2.75, 3.05) is 26.4 Å². The fraction of sp³-hybridized carbons (Fsp3) is 0.961. The molecular weight excluding hydrogens is 853 g/mol. The molecular formula is C51H96O15. The Kier molecular flexibility index (Phi) is 36.0. The number of ether oxygens (including phenoxy) is 6. The highest BCUT2D eigenvalue weighted by Gasteiger charge is 2.51. The first-order valence-corrected chi connectivity index (χ1v) is 26.6. The first-order valence-electron chi connectivity index (χ1n) is 26.6. The number of carbonyl (C=O) groups excluding carboxylic acids is 2. The van der Waals surface area contributed by atoms with Gasteiger partial charge >= 0.3 is 11.9 Å². The van der Waals surface area contributed by atoms with Crippen LogP contribution in [0.4, 0.5) is 0 Å². The predicted octanol–water partition coefficient (Wildman–Crippen LogP) is 7.61. The van der Waals surface area contributed by atoms with E-state index in [0.717, 1.165) is 38.5 Å². The molecule has 0 aromatic rings. The molecule has 0 unspecified atom stereocenters. The zero-order valence-corrected chi connectivity index (χ0v) is 41.2. The lowest BCUT2D eigenvalue weighted by Gasteiger charge is -2.46. The predicted molar refractivity (Wildman–Crippen MR) is 252 cm³/mol. The second-order valence-corrected chi connectivity index (χ2v) is 19.1. The highest BCUT2D eigenvalue weighted by Crippen LogP contribution is 2.30. The maximum Gasteiger partial charge on any atom is 0.305 e. The Morgan fingerprint density at radius 3 is 1.27 bits per heavy atom. The Labute approximate surface area is 398 Å². The molecule has 0 bridgehead atoms. The van der Waals surface area contributed by atoms with E-state index >= 15 is 0 Å². The van der Waals surface area contributed by atoms with Crippen molar-refractivity contribution < 1.29 is 73.8 Å². The summed E-state index contributed by atoms with van der Waals surface area (Å²) in [6.45, 7) is 2.49. The number of rotatable bonds is 42. The fourth-order valence-electron chi connectivity index (χ4n) is 8.72. The van der Waals surface area contributed by atoms with Crippen molar-refractivity contribution >= 4 is 11.9 Å². The van der Waals surface area contributed by atoms with Crippen LogP contribution in [0.25, 0.3) is 0 Å². The lowest BCUT2D eigenvalue weighted by Crippen LogP contribution is -2.65. The molecule has 0 aliphatic carbocycles. The van der Waals surface area contributed by atoms with E-state index in [0.29, 0.717) is 12.8 Å². The fourth-order valence-corrected chi connectivity index (χ4v) is 8.72. The molecule has 0 aromatic carbocycles. The quantitative estimate of drug-likeness (QED) is 0.0231. The summed E-state index contributed by atoms with van der Waals surface area (Å²) < 4.78 is 33.4. The number of unbranched alkanes of at least 4 members (excludes halogenated alkanes) is 28. The van der Waals surface area contributed by atoms with Gasteiger partial charge in [0.1, 0.15) is 68.1 Å². The van der Waals surface area contributed by atoms with Crippen LogP contribution in [0, 0.1) is 0 Å². The van der Waals surface area contributed by atoms with E-state index in [4.69, 9.17) is 28.4 Å². The summed E-state index contributed by atoms with van der Waals surface area (Å²) in [5.74, 6) is -0.947. The number of aliphatic hydroxyl groups excluding tert-OH is 7. The van der Waals surface area contributed by atoms with Gasteiger partial charge < -0.3 is 64.2 Å². The molecule has 15 heteroatoms. The van der Waals surface area contributed by atoms with E-state index in [9.17, 15) is 45.3 Å². The van der Waals surface area contributed by atoms with Crippen LogP contribution in [0.5, 0.6) is 0 Å². The van der Waals surface area contributed by atoms with Gasteiger partial charge in [-0.05, 0) is 12.8 Å². The van der Waals surface area contributed by atoms with Gasteiger partial charge in [0.2, 0.25) is 0 Å². The summed E-state index contributed by atoms with van der Waals surface area (Å²) in [5, 5.41) is 73.9. The smallest absolute Gasteiger partial charge is 0.305 e. The van der Waals surface area contributed by atoms with Crippen LogP contribution in [-0.4, -0.2) is 142 Å². The zero-order chi connectivity index (χ0) is 48.2. The Morgan fingerprint density at radius 2 is 0.848 bits per heavy atom. The molecule has 15 nitrogen and oxygen atoms in total. The van der Waals surface area contributed by atoms with E-state index in [2.05, 4.69) is 13.8 Å². The van der Waals surface area contributed by atoms with E-state index < -0.39 is 99.3 Å². The van der Waals surface area contributed by atoms with Crippen molar-refractivity contribution in [3.63, 3.8) is 0 Å². The molecule has 2 saturated heterocycles. The van der Waals surface area contributed by atoms with Crippen molar-refractivity contribution in [3.05, 3.63) is 0 Å². The average Bonchev–Trinajstić information content (AvgIpc) is 3.31. The van der Waals surface area contributed by atoms with E-state index in [1.165, 1.54) is 141 Å². The van der Waals surface area contributed by atoms with Gasteiger partial charge in [0, 0.05) is 12.8 Å². The third kappa shape index (κ3) is 27.0. The Bertz CT molecular complexity index is 1160. The molecule has 2 aliphatic heterocycles. The lowest BCUT2D eigenvalue weighted by atomic mass is 9.97. The maximum atomic E-state index is 12.7. The summed E-state index contributed by atoms with van der Waals surface area (Å²) in [7, 11) is 0. The standard InChI is InChI=1S/C51H96O15/c1-3-5-7-9-11-13-15-17-19-21-23-25-27-29-31-33-42(54)61-36-39(53)37-63-50-48(60)49(66-51-47(59)46(58)44(56)40(35-52)64-51)45(57)41(65-50)38-62-43(55)34-32-30-28-26-24-22-20-18-16-14-12-10-8-6-4-2/h39-41,44-53,56-60H,3-38H2,1-2H3/t39-,40+,41+,44+,45+,46-,47-,48-,49-,50-,51+/m0/s1. The molecule has 7 N–H and O–H groups in total. The number of hydrogen-bond donors (Lipinski definition) is 7. The highest BCUT2D eigenvalue weighted by atomic mass is 16.7. The van der Waals surface area contributed by atoms with Gasteiger partial charge in [0.25, 0.3) is 0 Å². The molecule has 66 heavy (non-hydrogen) atoms. The van der Waals surface area contributed by atoms with Gasteiger partial charge in [-0.1, -0.05) is 194 Å². The van der Waals surface area contributed by atoms with Crippen molar-refractivity contribution in [1.29, 1.82) is 0 Å². The minimum absolute atomic E-state index is 0.165. The molecule has 2 fully saturated rings. The normalized spacial score (nSPS) is 26.1. The minimum atomic E-state index is -1.83. The SMILES string of the molecule is CCCCCCCCCCCCCCCCCC(=O)OC[C@H](O)CO[C@H]1O[C@H](COC(=O)CCCCCCCCCCCCCCCCC)[C@@H](O)[C@H](O[C@H]2O[C@H](CO)[C@@H](O)[C@H](O)[C@@H]2O)[C@@H]1O. The zero-order valence-electron chi connectivity index (χ0n) is 41.2. The van der Waals surface area contributed by atoms with E-state index in [1.807, 2.05) is 0 Å². The third-order valence-electron chi connectivity index (χ3n) is 13.0. The number of hydrogen-bond acceptors (Lipinski definition) is 15. The monoisotopic (exact) mass is 949 g/mol. The van der Waals surface area contributed by atoms with Crippen molar-refractivity contribution in [3.8, 4) is 0 Å². The third-order valence-corrected chi connectivity index (χ3v) is 13.0. The first-order chi connectivity index (χ1) is 32.0. The molecule has 0 saturated carbocycles. The molecule has 0 aromatic heterocycles. The number of esters is 2. The van der Waals surface area contributed by atoms with Crippen LogP contribution in [0.15, 0.2) is 0 Å². The van der Waals surface area contributed by atoms with Crippen LogP contribution in [0.2, 0.25) is 0 Å². The second kappa shape index (κ2) is 39.2. The van der Waals surface area contributed by atoms with Gasteiger partial charge in [-0.25, -0.2) is 0 Å². The molecule has 2 aliphatic rings. The summed E-state index contributed by atoms with van der Waals surface area (Å²) in [6, 6.07) is 0. The van der Waals surface area contributed by atoms with Gasteiger partial charge in [-0.15, -0.1) is 0 Å². The maximum absolute atomic E-state index is 12.7. The molecule has 2 heterocycles. The molecule has 0 radical (unpaired) electrons. The first kappa shape index (κ1) is 60.6. The Balaban J connectivity index is 1.74. The van der Waals surface area contributed by atoms with Crippen LogP contribution in [0.3, 0.4) is 0 Å². The summed E-state index contributed by atoms with van der Waals surface area (Å²) in [6.07, 6.45) is 19.1. The number of carbonyl (C=O) groups is 2. The Morgan fingerprint density at radius 1 is 0.455 bits per heavy atom. The Hall–Kier alpha value is -1.50. The van der Waals surface area contributed by atoms with Gasteiger partial charge in [0.05, 0.1) is 13.2 Å². The van der Waals surface area contributed by atoms with Crippen molar-refractivity contribution in [2.24, 2.45) is 0 Å². The van der Waals surface area contributed by atoms with Gasteiger partial charge in [-0.3, -0.25) is 9.59 Å². The summed E-state index contributed by atoms with van der Waals surface area (Å²) in [4.78, 5) is 25.1. The van der Waals surface area contributed by atoms with Crippen LogP contribution < -0.4 is 0 Å². The van der Waals surface area contributed by atoms with Gasteiger partial charge in [0.15, 0.2) is 12.6 Å². The summed E-state index contributed by atoms with van der Waals surface area (Å²) in [5.41, 5.74) is 0. The molecule has 0 spiro atoms. The minimum Gasteiger partial charge on any atom is -0.463 e. The molecule has 0 amide bonds. The largest absolute Gasteiger partial charge is 0.463 e. The topological polar surface area (TPSA) is 231 Å². The molecule has 390 valence electrons. The highest BCUT2D eigenvalue weighted by molar-refractivity contribution is 5.69. The van der Waals surface area contributed by atoms with Crippen LogP contribution in [-0.2, 0) is 38.0 Å². The molecule has 11 atom stereocenters. The summed E-state index contributed by atoms with van der Waals surface area (Å²) >= 11 is 0. The molecule has 2 rings (SSSR count). The van der Waals surface area contributed by atoms with Gasteiger partial charge in [-0.2, -0.15) is 0 Å². The van der Waals surface area contributed by atoms with Crippen molar-refractivity contribution in [2.45, 2.75) is 287 Å². The van der Waals surface area contributed by atoms with Crippen LogP contribution in [0.1, 0.15) is 219 Å². The van der Waals surface area contributed by atoms with E-state index in [1.54, 1.807) is 0 Å². The average molecular weight is 949 g/mol. The van der Waals surface area contributed by atoms with Crippen molar-refractivity contribution in [1.82, 2.24) is 0 Å². The lowest BCUT2D eigenvalue weighted by molar-refractivity contribution is -0.361. The number of aliphatic hydroxyl groups is 7. The van der Waals surface area contributed by atoms with E-state index in [-0.39, 0.29) is 19.4 Å².